The molecule has 2 N–H and O–H groups in total. The molecule has 2 amide bonds. The summed E-state index contributed by atoms with van der Waals surface area (Å²) >= 11 is 6.24. The van der Waals surface area contributed by atoms with Gasteiger partial charge in [-0.25, -0.2) is 4.39 Å². The summed E-state index contributed by atoms with van der Waals surface area (Å²) in [5, 5.41) is 7.56. The fourth-order valence-electron chi connectivity index (χ4n) is 3.50. The predicted molar refractivity (Wildman–Crippen MR) is 108 cm³/mol. The Labute approximate surface area is 172 Å². The monoisotopic (exact) mass is 415 g/mol. The molecule has 0 spiro atoms. The summed E-state index contributed by atoms with van der Waals surface area (Å²) in [5.41, 5.74) is 2.95. The summed E-state index contributed by atoms with van der Waals surface area (Å²) < 4.78 is 15.9. The van der Waals surface area contributed by atoms with Crippen molar-refractivity contribution in [1.29, 1.82) is 0 Å². The zero-order valence-corrected chi connectivity index (χ0v) is 16.4. The first kappa shape index (κ1) is 19.2. The third-order valence-electron chi connectivity index (χ3n) is 5.02. The molecule has 0 saturated heterocycles. The van der Waals surface area contributed by atoms with E-state index in [1.54, 1.807) is 16.0 Å². The Kier molecular flexibility index (Phi) is 5.12. The third-order valence-corrected chi connectivity index (χ3v) is 5.37. The number of carbonyl (C=O) groups is 2. The SMILES string of the molecule is CN1C2=C(CN(C(=O)c3ccc(CNC=O)c(F)c3)c3ccccc3N2)CN1Cl. The maximum atomic E-state index is 14.4. The van der Waals surface area contributed by atoms with E-state index in [4.69, 9.17) is 11.8 Å². The lowest BCUT2D eigenvalue weighted by atomic mass is 10.1. The van der Waals surface area contributed by atoms with E-state index in [9.17, 15) is 14.0 Å². The van der Waals surface area contributed by atoms with Crippen LogP contribution in [0.25, 0.3) is 0 Å². The minimum Gasteiger partial charge on any atom is -0.354 e. The number of hydrazine groups is 1. The molecule has 150 valence electrons. The molecule has 29 heavy (non-hydrogen) atoms. The number of benzene rings is 2. The van der Waals surface area contributed by atoms with Gasteiger partial charge in [0.05, 0.1) is 24.5 Å². The number of anilines is 2. The van der Waals surface area contributed by atoms with Crippen LogP contribution in [0.2, 0.25) is 0 Å². The second-order valence-electron chi connectivity index (χ2n) is 6.81. The van der Waals surface area contributed by atoms with Crippen LogP contribution in [0.1, 0.15) is 15.9 Å². The molecule has 2 aromatic carbocycles. The van der Waals surface area contributed by atoms with Crippen LogP contribution in [0.15, 0.2) is 53.9 Å². The smallest absolute Gasteiger partial charge is 0.258 e. The second-order valence-corrected chi connectivity index (χ2v) is 7.20. The molecule has 0 unspecified atom stereocenters. The minimum atomic E-state index is -0.543. The number of para-hydroxylation sites is 2. The summed E-state index contributed by atoms with van der Waals surface area (Å²) in [4.78, 5) is 25.4. The number of halogens is 2. The maximum absolute atomic E-state index is 14.4. The molecule has 0 radical (unpaired) electrons. The standard InChI is InChI=1S/C20H19ClFN5O2/c1-25-19-15(11-27(25)21)10-26(18-5-3-2-4-17(18)24-19)20(29)13-6-7-14(9-23-12-28)16(22)8-13/h2-8,12,24H,9-11H2,1H3,(H,23,28). The van der Waals surface area contributed by atoms with Crippen LogP contribution in [0.4, 0.5) is 15.8 Å². The summed E-state index contributed by atoms with van der Waals surface area (Å²) in [6.45, 7) is 0.846. The molecule has 0 aromatic heterocycles. The van der Waals surface area contributed by atoms with Crippen molar-refractivity contribution in [3.05, 3.63) is 70.8 Å². The van der Waals surface area contributed by atoms with Crippen LogP contribution < -0.4 is 15.5 Å². The van der Waals surface area contributed by atoms with Crippen molar-refractivity contribution in [2.45, 2.75) is 6.54 Å². The summed E-state index contributed by atoms with van der Waals surface area (Å²) in [6.07, 6.45) is 0.504. The van der Waals surface area contributed by atoms with Crippen molar-refractivity contribution >= 4 is 35.5 Å². The number of carbonyl (C=O) groups excluding carboxylic acids is 2. The van der Waals surface area contributed by atoms with Gasteiger partial charge in [-0.15, -0.1) is 4.53 Å². The largest absolute Gasteiger partial charge is 0.354 e. The van der Waals surface area contributed by atoms with E-state index in [1.165, 1.54) is 16.7 Å². The molecular formula is C20H19ClFN5O2. The number of hydrogen-bond donors (Lipinski definition) is 2. The molecule has 2 aromatic rings. The highest BCUT2D eigenvalue weighted by Crippen LogP contribution is 2.36. The van der Waals surface area contributed by atoms with E-state index < -0.39 is 5.82 Å². The van der Waals surface area contributed by atoms with Gasteiger partial charge in [0.2, 0.25) is 6.41 Å². The third kappa shape index (κ3) is 3.52. The fraction of sp³-hybridized carbons (Fsp3) is 0.200. The van der Waals surface area contributed by atoms with E-state index in [0.717, 1.165) is 17.1 Å². The molecule has 0 fully saturated rings. The molecule has 0 bridgehead atoms. The summed E-state index contributed by atoms with van der Waals surface area (Å²) in [5.74, 6) is -0.0412. The Morgan fingerprint density at radius 2 is 2.07 bits per heavy atom. The zero-order valence-electron chi connectivity index (χ0n) is 15.7. The van der Waals surface area contributed by atoms with Crippen LogP contribution in [0.3, 0.4) is 0 Å². The van der Waals surface area contributed by atoms with Gasteiger partial charge in [0.1, 0.15) is 11.6 Å². The zero-order chi connectivity index (χ0) is 20.5. The van der Waals surface area contributed by atoms with Crippen LogP contribution in [-0.4, -0.2) is 42.0 Å². The fourth-order valence-corrected chi connectivity index (χ4v) is 3.72. The molecule has 4 rings (SSSR count). The normalized spacial score (nSPS) is 16.1. The molecule has 2 aliphatic rings. The van der Waals surface area contributed by atoms with Gasteiger partial charge in [-0.1, -0.05) is 18.2 Å². The van der Waals surface area contributed by atoms with Crippen molar-refractivity contribution in [2.24, 2.45) is 0 Å². The first-order chi connectivity index (χ1) is 14.0. The average Bonchev–Trinajstić information content (AvgIpc) is 2.89. The number of amides is 2. The van der Waals surface area contributed by atoms with Crippen molar-refractivity contribution in [1.82, 2.24) is 14.9 Å². The van der Waals surface area contributed by atoms with Gasteiger partial charge < -0.3 is 15.5 Å². The Bertz CT molecular complexity index is 1010. The Hall–Kier alpha value is -3.10. The number of fused-ring (bicyclic) bond motifs is 1. The van der Waals surface area contributed by atoms with Gasteiger partial charge in [0, 0.05) is 42.1 Å². The Morgan fingerprint density at radius 3 is 2.83 bits per heavy atom. The highest BCUT2D eigenvalue weighted by atomic mass is 35.5. The first-order valence-electron chi connectivity index (χ1n) is 9.02. The van der Waals surface area contributed by atoms with Crippen LogP contribution >= 0.6 is 11.8 Å². The lowest BCUT2D eigenvalue weighted by molar-refractivity contribution is -0.109. The average molecular weight is 416 g/mol. The van der Waals surface area contributed by atoms with Crippen molar-refractivity contribution < 1.29 is 14.0 Å². The van der Waals surface area contributed by atoms with Crippen LogP contribution in [0, 0.1) is 5.82 Å². The molecule has 2 heterocycles. The van der Waals surface area contributed by atoms with Gasteiger partial charge >= 0.3 is 0 Å². The molecule has 7 nitrogen and oxygen atoms in total. The Balaban J connectivity index is 1.70. The topological polar surface area (TPSA) is 67.9 Å². The van der Waals surface area contributed by atoms with Crippen molar-refractivity contribution in [3.8, 4) is 0 Å². The van der Waals surface area contributed by atoms with E-state index >= 15 is 0 Å². The van der Waals surface area contributed by atoms with E-state index in [1.807, 2.05) is 31.3 Å². The quantitative estimate of drug-likeness (QED) is 0.593. The van der Waals surface area contributed by atoms with Gasteiger partial charge in [-0.2, -0.15) is 0 Å². The van der Waals surface area contributed by atoms with Crippen LogP contribution in [-0.2, 0) is 11.3 Å². The highest BCUT2D eigenvalue weighted by Gasteiger charge is 2.33. The number of nitrogens with one attached hydrogen (secondary N) is 2. The lowest BCUT2D eigenvalue weighted by Crippen LogP contribution is -2.34. The number of rotatable bonds is 4. The molecule has 2 aliphatic heterocycles. The van der Waals surface area contributed by atoms with Crippen LogP contribution in [0.5, 0.6) is 0 Å². The summed E-state index contributed by atoms with van der Waals surface area (Å²) in [7, 11) is 1.84. The van der Waals surface area contributed by atoms with E-state index in [0.29, 0.717) is 30.8 Å². The van der Waals surface area contributed by atoms with Crippen molar-refractivity contribution in [2.75, 3.05) is 30.4 Å². The molecule has 9 heteroatoms. The highest BCUT2D eigenvalue weighted by molar-refractivity contribution is 6.13. The van der Waals surface area contributed by atoms with E-state index in [2.05, 4.69) is 10.6 Å². The first-order valence-corrected chi connectivity index (χ1v) is 9.35. The number of hydrogen-bond acceptors (Lipinski definition) is 5. The molecule has 0 aliphatic carbocycles. The molecule has 0 saturated carbocycles. The van der Waals surface area contributed by atoms with E-state index in [-0.39, 0.29) is 18.0 Å². The number of nitrogens with zero attached hydrogens (tertiary/aromatic N) is 3. The van der Waals surface area contributed by atoms with Gasteiger partial charge in [0.15, 0.2) is 0 Å². The summed E-state index contributed by atoms with van der Waals surface area (Å²) in [6, 6.07) is 11.7. The van der Waals surface area contributed by atoms with Gasteiger partial charge in [-0.3, -0.25) is 14.6 Å². The van der Waals surface area contributed by atoms with Crippen molar-refractivity contribution in [3.63, 3.8) is 0 Å². The molecule has 0 atom stereocenters. The molecular weight excluding hydrogens is 397 g/mol. The van der Waals surface area contributed by atoms with Gasteiger partial charge in [-0.05, 0) is 24.3 Å². The second kappa shape index (κ2) is 7.73. The minimum absolute atomic E-state index is 0.0639. The Morgan fingerprint density at radius 1 is 1.28 bits per heavy atom. The van der Waals surface area contributed by atoms with Gasteiger partial charge in [0.25, 0.3) is 5.91 Å². The lowest BCUT2D eigenvalue weighted by Gasteiger charge is -2.26. The predicted octanol–water partition coefficient (Wildman–Crippen LogP) is 2.67. The maximum Gasteiger partial charge on any atom is 0.258 e.